The summed E-state index contributed by atoms with van der Waals surface area (Å²) >= 11 is 0. The lowest BCUT2D eigenvalue weighted by Crippen LogP contribution is -2.43. The number of aliphatic hydroxyl groups is 1. The zero-order valence-corrected chi connectivity index (χ0v) is 14.4. The van der Waals surface area contributed by atoms with E-state index in [2.05, 4.69) is 11.9 Å². The molecule has 23 heavy (non-hydrogen) atoms. The first-order valence-electron chi connectivity index (χ1n) is 7.76. The van der Waals surface area contributed by atoms with Crippen LogP contribution in [0.25, 0.3) is 6.08 Å². The molecule has 0 aliphatic heterocycles. The normalized spacial score (nSPS) is 14.3. The lowest BCUT2D eigenvalue weighted by Gasteiger charge is -2.24. The van der Waals surface area contributed by atoms with Gasteiger partial charge in [-0.25, -0.2) is 4.79 Å². The van der Waals surface area contributed by atoms with Crippen molar-refractivity contribution in [2.75, 3.05) is 0 Å². The highest BCUT2D eigenvalue weighted by atomic mass is 16.6. The second kappa shape index (κ2) is 8.53. The van der Waals surface area contributed by atoms with Gasteiger partial charge < -0.3 is 15.2 Å². The van der Waals surface area contributed by atoms with E-state index in [9.17, 15) is 9.90 Å². The number of rotatable bonds is 6. The smallest absolute Gasteiger partial charge is 0.407 e. The van der Waals surface area contributed by atoms with Crippen LogP contribution in [0.15, 0.2) is 48.6 Å². The predicted octanol–water partition coefficient (Wildman–Crippen LogP) is 3.92. The van der Waals surface area contributed by atoms with Crippen LogP contribution in [0.5, 0.6) is 0 Å². The monoisotopic (exact) mass is 317 g/mol. The Morgan fingerprint density at radius 2 is 1.96 bits per heavy atom. The lowest BCUT2D eigenvalue weighted by molar-refractivity contribution is 0.0437. The molecule has 0 fully saturated rings. The fraction of sp³-hybridized carbons (Fsp3) is 0.421. The number of hydrogen-bond acceptors (Lipinski definition) is 3. The first kappa shape index (κ1) is 19.0. The van der Waals surface area contributed by atoms with Crippen LogP contribution in [-0.2, 0) is 4.74 Å². The molecule has 0 spiro atoms. The van der Waals surface area contributed by atoms with E-state index in [1.807, 2.05) is 42.5 Å². The Labute approximate surface area is 138 Å². The zero-order valence-electron chi connectivity index (χ0n) is 14.4. The first-order chi connectivity index (χ1) is 10.7. The van der Waals surface area contributed by atoms with Crippen molar-refractivity contribution in [3.05, 3.63) is 54.1 Å². The van der Waals surface area contributed by atoms with E-state index in [0.29, 0.717) is 6.42 Å². The SMILES string of the molecule is C=C(/C=C/c1ccccc1)C[C@H](O)[C@H](C)NC(=O)OC(C)(C)C. The lowest BCUT2D eigenvalue weighted by atomic mass is 10.0. The number of aliphatic hydroxyl groups excluding tert-OH is 1. The van der Waals surface area contributed by atoms with Crippen molar-refractivity contribution in [2.45, 2.75) is 51.9 Å². The van der Waals surface area contributed by atoms with Crippen LogP contribution in [0.3, 0.4) is 0 Å². The average molecular weight is 317 g/mol. The van der Waals surface area contributed by atoms with Gasteiger partial charge in [-0.1, -0.05) is 54.6 Å². The third kappa shape index (κ3) is 8.21. The maximum Gasteiger partial charge on any atom is 0.407 e. The highest BCUT2D eigenvalue weighted by Gasteiger charge is 2.21. The number of carbonyl (C=O) groups excluding carboxylic acids is 1. The van der Waals surface area contributed by atoms with Gasteiger partial charge in [-0.3, -0.25) is 0 Å². The number of allylic oxidation sites excluding steroid dienone is 1. The molecule has 0 unspecified atom stereocenters. The molecule has 0 saturated carbocycles. The van der Waals surface area contributed by atoms with E-state index in [-0.39, 0.29) is 0 Å². The Hall–Kier alpha value is -2.07. The number of benzene rings is 1. The quantitative estimate of drug-likeness (QED) is 0.782. The van der Waals surface area contributed by atoms with Crippen molar-refractivity contribution < 1.29 is 14.6 Å². The summed E-state index contributed by atoms with van der Waals surface area (Å²) in [7, 11) is 0. The Morgan fingerprint density at radius 3 is 2.52 bits per heavy atom. The van der Waals surface area contributed by atoms with Gasteiger partial charge in [0.15, 0.2) is 0 Å². The molecule has 1 rings (SSSR count). The van der Waals surface area contributed by atoms with Crippen molar-refractivity contribution in [2.24, 2.45) is 0 Å². The van der Waals surface area contributed by atoms with E-state index in [4.69, 9.17) is 4.74 Å². The predicted molar refractivity (Wildman–Crippen MR) is 94.1 cm³/mol. The van der Waals surface area contributed by atoms with Crippen molar-refractivity contribution in [3.8, 4) is 0 Å². The Morgan fingerprint density at radius 1 is 1.35 bits per heavy atom. The van der Waals surface area contributed by atoms with E-state index in [1.165, 1.54) is 0 Å². The molecule has 1 amide bonds. The van der Waals surface area contributed by atoms with Gasteiger partial charge >= 0.3 is 6.09 Å². The van der Waals surface area contributed by atoms with Crippen molar-refractivity contribution in [1.82, 2.24) is 5.32 Å². The van der Waals surface area contributed by atoms with Crippen LogP contribution in [0.4, 0.5) is 4.79 Å². The Balaban J connectivity index is 2.45. The number of carbonyl (C=O) groups is 1. The summed E-state index contributed by atoms with van der Waals surface area (Å²) in [6, 6.07) is 9.44. The van der Waals surface area contributed by atoms with Crippen LogP contribution in [0.1, 0.15) is 39.7 Å². The molecule has 0 heterocycles. The Kier molecular flexibility index (Phi) is 7.04. The molecule has 0 aliphatic carbocycles. The molecule has 0 bridgehead atoms. The molecule has 4 heteroatoms. The highest BCUT2D eigenvalue weighted by molar-refractivity contribution is 5.68. The van der Waals surface area contributed by atoms with Gasteiger partial charge in [0.05, 0.1) is 12.1 Å². The van der Waals surface area contributed by atoms with Crippen molar-refractivity contribution in [3.63, 3.8) is 0 Å². The molecule has 1 aromatic rings. The fourth-order valence-corrected chi connectivity index (χ4v) is 1.88. The van der Waals surface area contributed by atoms with E-state index in [0.717, 1.165) is 11.1 Å². The van der Waals surface area contributed by atoms with Gasteiger partial charge in [0.2, 0.25) is 0 Å². The first-order valence-corrected chi connectivity index (χ1v) is 7.76. The van der Waals surface area contributed by atoms with Gasteiger partial charge in [0.25, 0.3) is 0 Å². The van der Waals surface area contributed by atoms with Crippen LogP contribution in [0, 0.1) is 0 Å². The van der Waals surface area contributed by atoms with Crippen molar-refractivity contribution >= 4 is 12.2 Å². The third-order valence-electron chi connectivity index (χ3n) is 3.10. The van der Waals surface area contributed by atoms with E-state index in [1.54, 1.807) is 27.7 Å². The van der Waals surface area contributed by atoms with Gasteiger partial charge in [0.1, 0.15) is 5.60 Å². The number of amides is 1. The summed E-state index contributed by atoms with van der Waals surface area (Å²) < 4.78 is 5.17. The minimum atomic E-state index is -0.726. The molecule has 0 radical (unpaired) electrons. The summed E-state index contributed by atoms with van der Waals surface area (Å²) in [5.74, 6) is 0. The maximum absolute atomic E-state index is 11.7. The molecule has 0 aliphatic rings. The maximum atomic E-state index is 11.7. The largest absolute Gasteiger partial charge is 0.444 e. The summed E-state index contributed by atoms with van der Waals surface area (Å²) in [6.07, 6.45) is 2.94. The van der Waals surface area contributed by atoms with E-state index < -0.39 is 23.8 Å². The molecular weight excluding hydrogens is 290 g/mol. The number of nitrogens with one attached hydrogen (secondary N) is 1. The Bertz CT molecular complexity index is 543. The second-order valence-corrected chi connectivity index (χ2v) is 6.61. The van der Waals surface area contributed by atoms with Gasteiger partial charge in [-0.05, 0) is 39.7 Å². The molecule has 4 nitrogen and oxygen atoms in total. The van der Waals surface area contributed by atoms with Crippen LogP contribution < -0.4 is 5.32 Å². The van der Waals surface area contributed by atoms with Crippen LogP contribution in [-0.4, -0.2) is 28.9 Å². The van der Waals surface area contributed by atoms with Crippen molar-refractivity contribution in [1.29, 1.82) is 0 Å². The summed E-state index contributed by atoms with van der Waals surface area (Å²) in [5, 5.41) is 12.8. The molecule has 2 N–H and O–H groups in total. The summed E-state index contributed by atoms with van der Waals surface area (Å²) in [6.45, 7) is 11.1. The highest BCUT2D eigenvalue weighted by Crippen LogP contribution is 2.12. The fourth-order valence-electron chi connectivity index (χ4n) is 1.88. The number of hydrogen-bond donors (Lipinski definition) is 2. The number of ether oxygens (including phenoxy) is 1. The minimum absolute atomic E-state index is 0.375. The topological polar surface area (TPSA) is 58.6 Å². The van der Waals surface area contributed by atoms with E-state index >= 15 is 0 Å². The van der Waals surface area contributed by atoms with Gasteiger partial charge in [-0.2, -0.15) is 0 Å². The second-order valence-electron chi connectivity index (χ2n) is 6.61. The summed E-state index contributed by atoms with van der Waals surface area (Å²) in [5.41, 5.74) is 1.30. The average Bonchev–Trinajstić information content (AvgIpc) is 2.44. The number of alkyl carbamates (subject to hydrolysis) is 1. The molecule has 0 aromatic heterocycles. The summed E-state index contributed by atoms with van der Waals surface area (Å²) in [4.78, 5) is 11.7. The molecular formula is C19H27NO3. The third-order valence-corrected chi connectivity index (χ3v) is 3.10. The molecule has 0 saturated heterocycles. The van der Waals surface area contributed by atoms with Gasteiger partial charge in [0, 0.05) is 0 Å². The standard InChI is InChI=1S/C19H27NO3/c1-14(11-12-16-9-7-6-8-10-16)13-17(21)15(2)20-18(22)23-19(3,4)5/h6-12,15,17,21H,1,13H2,2-5H3,(H,20,22)/b12-11+/t15-,17-/m0/s1. The van der Waals surface area contributed by atoms with Gasteiger partial charge in [-0.15, -0.1) is 0 Å². The molecule has 126 valence electrons. The molecule has 2 atom stereocenters. The minimum Gasteiger partial charge on any atom is -0.444 e. The molecule has 1 aromatic carbocycles. The zero-order chi connectivity index (χ0) is 17.5. The van der Waals surface area contributed by atoms with Crippen LogP contribution >= 0.6 is 0 Å². The van der Waals surface area contributed by atoms with Crippen LogP contribution in [0.2, 0.25) is 0 Å².